The zero-order valence-electron chi connectivity index (χ0n) is 21.6. The summed E-state index contributed by atoms with van der Waals surface area (Å²) in [6, 6.07) is 0. The Kier molecular flexibility index (Phi) is 5.57. The second-order valence-corrected chi connectivity index (χ2v) is 13.4. The van der Waals surface area contributed by atoms with Gasteiger partial charge in [0, 0.05) is 11.3 Å². The third kappa shape index (κ3) is 3.14. The van der Waals surface area contributed by atoms with Gasteiger partial charge in [-0.3, -0.25) is 4.79 Å². The van der Waals surface area contributed by atoms with Crippen LogP contribution in [0.4, 0.5) is 0 Å². The Balaban J connectivity index is 1.47. The van der Waals surface area contributed by atoms with Crippen molar-refractivity contribution in [2.75, 3.05) is 0 Å². The largest absolute Gasteiger partial charge is 0.390 e. The van der Waals surface area contributed by atoms with Crippen LogP contribution in [0.5, 0.6) is 0 Å². The maximum Gasteiger partial charge on any atom is 0.159 e. The van der Waals surface area contributed by atoms with Crippen molar-refractivity contribution in [2.24, 2.45) is 40.4 Å². The van der Waals surface area contributed by atoms with Crippen LogP contribution in [0, 0.1) is 40.4 Å². The lowest BCUT2D eigenvalue weighted by Crippen LogP contribution is -2.62. The van der Waals surface area contributed by atoms with E-state index in [4.69, 9.17) is 4.74 Å². The molecule has 0 bridgehead atoms. The van der Waals surface area contributed by atoms with Gasteiger partial charge in [0.05, 0.1) is 29.5 Å². The molecule has 34 heavy (non-hydrogen) atoms. The lowest BCUT2D eigenvalue weighted by Gasteiger charge is -2.60. The summed E-state index contributed by atoms with van der Waals surface area (Å²) in [7, 11) is 0. The highest BCUT2D eigenvalue weighted by molar-refractivity contribution is 5.95. The highest BCUT2D eigenvalue weighted by Gasteiger charge is 2.71. The van der Waals surface area contributed by atoms with Crippen LogP contribution in [0.1, 0.15) is 80.1 Å². The minimum absolute atomic E-state index is 0.00925. The summed E-state index contributed by atoms with van der Waals surface area (Å²) in [6.45, 7) is 12.6. The summed E-state index contributed by atoms with van der Waals surface area (Å²) < 4.78 is 6.06. The fourth-order valence-corrected chi connectivity index (χ4v) is 8.88. The molecule has 12 atom stereocenters. The molecule has 5 aliphatic rings. The number of aliphatic hydroxyl groups excluding tert-OH is 2. The number of aliphatic hydroxyl groups is 4. The van der Waals surface area contributed by atoms with E-state index in [2.05, 4.69) is 34.6 Å². The van der Waals surface area contributed by atoms with Crippen LogP contribution in [0.25, 0.3) is 0 Å². The molecule has 0 amide bonds. The molecule has 0 spiro atoms. The zero-order chi connectivity index (χ0) is 25.0. The average Bonchev–Trinajstić information content (AvgIpc) is 3.49. The van der Waals surface area contributed by atoms with E-state index < -0.39 is 34.2 Å². The fraction of sp³-hybridized carbons (Fsp3) is 0.893. The van der Waals surface area contributed by atoms with Gasteiger partial charge in [0.1, 0.15) is 6.10 Å². The third-order valence-electron chi connectivity index (χ3n) is 11.5. The first-order chi connectivity index (χ1) is 15.7. The SMILES string of the molecule is CC(C)[C@H](C)[C@H]1O[C@@H]1[C@](C)(O)[C@H]1CC[C@@]2(O)C3=CC(=O)[C@@H]4C[C@@H](O)[C@@H](O)C[C@]4(C)[C@@H]3CC[C@]12C. The van der Waals surface area contributed by atoms with Crippen molar-refractivity contribution in [1.82, 2.24) is 0 Å². The lowest BCUT2D eigenvalue weighted by molar-refractivity contribution is -0.161. The molecule has 0 aromatic rings. The molecule has 4 N–H and O–H groups in total. The molecular weight excluding hydrogens is 432 g/mol. The predicted molar refractivity (Wildman–Crippen MR) is 128 cm³/mol. The number of epoxide rings is 1. The van der Waals surface area contributed by atoms with E-state index in [1.807, 2.05) is 6.92 Å². The van der Waals surface area contributed by atoms with Crippen molar-refractivity contribution >= 4 is 5.78 Å². The Bertz CT molecular complexity index is 895. The predicted octanol–water partition coefficient (Wildman–Crippen LogP) is 3.00. The summed E-state index contributed by atoms with van der Waals surface area (Å²) in [5, 5.41) is 44.9. The molecule has 0 aromatic carbocycles. The quantitative estimate of drug-likeness (QED) is 0.464. The normalized spacial score (nSPS) is 52.9. The first-order valence-corrected chi connectivity index (χ1v) is 13.4. The van der Waals surface area contributed by atoms with Gasteiger partial charge in [0.15, 0.2) is 5.78 Å². The van der Waals surface area contributed by atoms with Gasteiger partial charge in [-0.25, -0.2) is 0 Å². The minimum Gasteiger partial charge on any atom is -0.390 e. The Hall–Kier alpha value is -0.790. The van der Waals surface area contributed by atoms with Gasteiger partial charge in [-0.15, -0.1) is 0 Å². The van der Waals surface area contributed by atoms with Crippen molar-refractivity contribution < 1.29 is 30.0 Å². The Morgan fingerprint density at radius 3 is 2.41 bits per heavy atom. The number of fused-ring (bicyclic) bond motifs is 5. The molecule has 0 aromatic heterocycles. The van der Waals surface area contributed by atoms with Crippen LogP contribution in [0.15, 0.2) is 11.6 Å². The number of carbonyl (C=O) groups excluding carboxylic acids is 1. The molecule has 5 rings (SSSR count). The van der Waals surface area contributed by atoms with Gasteiger partial charge in [0.2, 0.25) is 0 Å². The summed E-state index contributed by atoms with van der Waals surface area (Å²) >= 11 is 0. The van der Waals surface area contributed by atoms with Crippen LogP contribution in [0.2, 0.25) is 0 Å². The second-order valence-electron chi connectivity index (χ2n) is 13.4. The smallest absolute Gasteiger partial charge is 0.159 e. The molecule has 0 unspecified atom stereocenters. The number of hydrogen-bond acceptors (Lipinski definition) is 6. The molecule has 192 valence electrons. The van der Waals surface area contributed by atoms with Crippen LogP contribution < -0.4 is 0 Å². The van der Waals surface area contributed by atoms with Gasteiger partial charge in [0.25, 0.3) is 0 Å². The molecule has 0 radical (unpaired) electrons. The van der Waals surface area contributed by atoms with E-state index in [-0.39, 0.29) is 42.2 Å². The molecular formula is C28H44O6. The van der Waals surface area contributed by atoms with E-state index in [1.165, 1.54) is 0 Å². The monoisotopic (exact) mass is 476 g/mol. The third-order valence-corrected chi connectivity index (χ3v) is 11.5. The fourth-order valence-electron chi connectivity index (χ4n) is 8.88. The minimum atomic E-state index is -1.16. The van der Waals surface area contributed by atoms with E-state index in [0.29, 0.717) is 31.1 Å². The van der Waals surface area contributed by atoms with Crippen LogP contribution in [0.3, 0.4) is 0 Å². The average molecular weight is 477 g/mol. The molecule has 4 fully saturated rings. The first kappa shape index (κ1) is 24.9. The topological polar surface area (TPSA) is 111 Å². The number of carbonyl (C=O) groups is 1. The van der Waals surface area contributed by atoms with Crippen molar-refractivity contribution in [3.63, 3.8) is 0 Å². The van der Waals surface area contributed by atoms with Gasteiger partial charge in [-0.2, -0.15) is 0 Å². The zero-order valence-corrected chi connectivity index (χ0v) is 21.6. The Morgan fingerprint density at radius 2 is 1.76 bits per heavy atom. The van der Waals surface area contributed by atoms with Crippen molar-refractivity contribution in [3.05, 3.63) is 11.6 Å². The van der Waals surface area contributed by atoms with Crippen LogP contribution in [-0.4, -0.2) is 61.8 Å². The second kappa shape index (κ2) is 7.61. The highest BCUT2D eigenvalue weighted by atomic mass is 16.6. The van der Waals surface area contributed by atoms with Gasteiger partial charge < -0.3 is 25.2 Å². The molecule has 1 aliphatic heterocycles. The maximum atomic E-state index is 13.3. The summed E-state index contributed by atoms with van der Waals surface area (Å²) in [6.07, 6.45) is 3.15. The molecule has 1 heterocycles. The van der Waals surface area contributed by atoms with Gasteiger partial charge >= 0.3 is 0 Å². The van der Waals surface area contributed by atoms with Crippen LogP contribution >= 0.6 is 0 Å². The van der Waals surface area contributed by atoms with E-state index in [0.717, 1.165) is 18.4 Å². The number of hydrogen-bond donors (Lipinski definition) is 4. The first-order valence-electron chi connectivity index (χ1n) is 13.4. The van der Waals surface area contributed by atoms with Crippen molar-refractivity contribution in [3.8, 4) is 0 Å². The summed E-state index contributed by atoms with van der Waals surface area (Å²) in [4.78, 5) is 13.3. The number of rotatable bonds is 4. The number of allylic oxidation sites excluding steroid dienone is 1. The Labute approximate surface area is 203 Å². The lowest BCUT2D eigenvalue weighted by atomic mass is 9.45. The van der Waals surface area contributed by atoms with Crippen molar-refractivity contribution in [1.29, 1.82) is 0 Å². The standard InChI is InChI=1S/C28H44O6/c1-14(2)15(3)23-24(34-23)27(6,32)22-8-10-28(33)17-11-19(29)18-12-20(30)21(31)13-25(18,4)16(17)7-9-26(22,28)5/h11,14-16,18,20-24,30-33H,7-10,12-13H2,1-6H3/t15-,16+,18-,20+,21-,22-,23+,24-,25+,26+,27+,28+/m0/s1. The molecule has 4 aliphatic carbocycles. The Morgan fingerprint density at radius 1 is 1.09 bits per heavy atom. The van der Waals surface area contributed by atoms with E-state index >= 15 is 0 Å². The summed E-state index contributed by atoms with van der Waals surface area (Å²) in [5.74, 6) is 0.304. The highest BCUT2D eigenvalue weighted by Crippen LogP contribution is 2.69. The van der Waals surface area contributed by atoms with Gasteiger partial charge in [-0.05, 0) is 86.2 Å². The molecule has 6 heteroatoms. The summed E-state index contributed by atoms with van der Waals surface area (Å²) in [5.41, 5.74) is -2.46. The number of ether oxygens (including phenoxy) is 1. The van der Waals surface area contributed by atoms with Gasteiger partial charge in [-0.1, -0.05) is 34.6 Å². The molecule has 6 nitrogen and oxygen atoms in total. The molecule has 3 saturated carbocycles. The van der Waals surface area contributed by atoms with E-state index in [9.17, 15) is 25.2 Å². The maximum absolute atomic E-state index is 13.3. The molecule has 1 saturated heterocycles. The number of ketones is 1. The van der Waals surface area contributed by atoms with Crippen molar-refractivity contribution in [2.45, 2.75) is 116 Å². The van der Waals surface area contributed by atoms with Crippen LogP contribution in [-0.2, 0) is 9.53 Å². The van der Waals surface area contributed by atoms with E-state index in [1.54, 1.807) is 6.08 Å².